The van der Waals surface area contributed by atoms with Gasteiger partial charge in [-0.1, -0.05) is 24.3 Å². The molecule has 1 aromatic carbocycles. The van der Waals surface area contributed by atoms with Crippen LogP contribution in [0.5, 0.6) is 0 Å². The van der Waals surface area contributed by atoms with Crippen molar-refractivity contribution in [1.29, 1.82) is 0 Å². The molecule has 2 aromatic rings. The maximum Gasteiger partial charge on any atom is 0.339 e. The van der Waals surface area contributed by atoms with Gasteiger partial charge in [0.05, 0.1) is 5.69 Å². The summed E-state index contributed by atoms with van der Waals surface area (Å²) in [5.41, 5.74) is 8.36. The van der Waals surface area contributed by atoms with Crippen LogP contribution in [0.4, 0.5) is 5.82 Å². The molecule has 0 aliphatic carbocycles. The highest BCUT2D eigenvalue weighted by Gasteiger charge is 2.11. The quantitative estimate of drug-likeness (QED) is 0.827. The number of aryl methyl sites for hydroxylation is 1. The van der Waals surface area contributed by atoms with Crippen LogP contribution >= 0.6 is 0 Å². The van der Waals surface area contributed by atoms with Crippen LogP contribution in [0.25, 0.3) is 11.3 Å². The minimum atomic E-state index is -1.06. The zero-order chi connectivity index (χ0) is 12.4. The van der Waals surface area contributed by atoms with Gasteiger partial charge in [-0.25, -0.2) is 9.78 Å². The number of nitrogens with zero attached hydrogens (tertiary/aromatic N) is 1. The second-order valence-corrected chi connectivity index (χ2v) is 3.75. The minimum absolute atomic E-state index is 0.0299. The van der Waals surface area contributed by atoms with E-state index in [9.17, 15) is 4.79 Å². The fourth-order valence-corrected chi connectivity index (χ4v) is 1.67. The highest BCUT2D eigenvalue weighted by atomic mass is 16.4. The number of carbonyl (C=O) groups is 1. The number of nitrogens with two attached hydrogens (primary N) is 1. The van der Waals surface area contributed by atoms with Crippen molar-refractivity contribution in [2.45, 2.75) is 6.92 Å². The number of aromatic nitrogens is 1. The van der Waals surface area contributed by atoms with Crippen LogP contribution < -0.4 is 5.73 Å². The molecule has 1 heterocycles. The molecule has 0 radical (unpaired) electrons. The standard InChI is InChI=1S/C13H12N2O2/c1-8-4-2-3-5-9(8)11-7-6-10(13(16)17)12(14)15-11/h2-7H,1H3,(H2,14,15)(H,16,17). The maximum absolute atomic E-state index is 10.8. The first-order valence-corrected chi connectivity index (χ1v) is 5.15. The van der Waals surface area contributed by atoms with E-state index in [0.717, 1.165) is 11.1 Å². The molecule has 4 nitrogen and oxygen atoms in total. The first kappa shape index (κ1) is 11.1. The number of nitrogen functional groups attached to an aromatic ring is 1. The molecule has 86 valence electrons. The number of carboxylic acids is 1. The molecule has 0 saturated heterocycles. The van der Waals surface area contributed by atoms with E-state index in [2.05, 4.69) is 4.98 Å². The summed E-state index contributed by atoms with van der Waals surface area (Å²) >= 11 is 0. The Labute approximate surface area is 98.7 Å². The van der Waals surface area contributed by atoms with E-state index in [1.807, 2.05) is 31.2 Å². The van der Waals surface area contributed by atoms with Gasteiger partial charge in [-0.05, 0) is 24.6 Å². The highest BCUT2D eigenvalue weighted by molar-refractivity contribution is 5.93. The zero-order valence-electron chi connectivity index (χ0n) is 9.34. The van der Waals surface area contributed by atoms with Crippen molar-refractivity contribution in [2.75, 3.05) is 5.73 Å². The predicted molar refractivity (Wildman–Crippen MR) is 65.8 cm³/mol. The Balaban J connectivity index is 2.52. The van der Waals surface area contributed by atoms with Crippen LogP contribution in [0.15, 0.2) is 36.4 Å². The molecular formula is C13H12N2O2. The Bertz CT molecular complexity index is 579. The fraction of sp³-hybridized carbons (Fsp3) is 0.0769. The summed E-state index contributed by atoms with van der Waals surface area (Å²) in [4.78, 5) is 14.9. The number of carboxylic acid groups (broad SMARTS) is 1. The van der Waals surface area contributed by atoms with Gasteiger partial charge >= 0.3 is 5.97 Å². The Kier molecular flexibility index (Phi) is 2.78. The van der Waals surface area contributed by atoms with E-state index in [1.165, 1.54) is 6.07 Å². The third-order valence-corrected chi connectivity index (χ3v) is 2.58. The topological polar surface area (TPSA) is 76.2 Å². The molecule has 1 aromatic heterocycles. The van der Waals surface area contributed by atoms with Crippen molar-refractivity contribution in [3.8, 4) is 11.3 Å². The number of hydrogen-bond acceptors (Lipinski definition) is 3. The first-order valence-electron chi connectivity index (χ1n) is 5.15. The monoisotopic (exact) mass is 228 g/mol. The lowest BCUT2D eigenvalue weighted by atomic mass is 10.0. The zero-order valence-corrected chi connectivity index (χ0v) is 9.34. The van der Waals surface area contributed by atoms with Crippen molar-refractivity contribution in [2.24, 2.45) is 0 Å². The van der Waals surface area contributed by atoms with E-state index in [0.29, 0.717) is 5.69 Å². The number of benzene rings is 1. The predicted octanol–water partition coefficient (Wildman–Crippen LogP) is 2.34. The maximum atomic E-state index is 10.8. The Morgan fingerprint density at radius 2 is 1.94 bits per heavy atom. The lowest BCUT2D eigenvalue weighted by Crippen LogP contribution is -2.05. The number of hydrogen-bond donors (Lipinski definition) is 2. The van der Waals surface area contributed by atoms with Crippen molar-refractivity contribution in [3.63, 3.8) is 0 Å². The van der Waals surface area contributed by atoms with E-state index in [1.54, 1.807) is 6.07 Å². The number of aromatic carboxylic acids is 1. The van der Waals surface area contributed by atoms with E-state index >= 15 is 0 Å². The Hall–Kier alpha value is -2.36. The van der Waals surface area contributed by atoms with Gasteiger partial charge in [-0.2, -0.15) is 0 Å². The molecule has 0 aliphatic rings. The van der Waals surface area contributed by atoms with Crippen LogP contribution in [0.3, 0.4) is 0 Å². The van der Waals surface area contributed by atoms with Crippen molar-refractivity contribution in [1.82, 2.24) is 4.98 Å². The molecule has 0 spiro atoms. The second kappa shape index (κ2) is 4.25. The van der Waals surface area contributed by atoms with E-state index in [4.69, 9.17) is 10.8 Å². The second-order valence-electron chi connectivity index (χ2n) is 3.75. The summed E-state index contributed by atoms with van der Waals surface area (Å²) in [6.45, 7) is 1.97. The molecule has 2 rings (SSSR count). The van der Waals surface area contributed by atoms with Crippen LogP contribution in [0.2, 0.25) is 0 Å². The highest BCUT2D eigenvalue weighted by Crippen LogP contribution is 2.23. The van der Waals surface area contributed by atoms with Gasteiger partial charge in [-0.15, -0.1) is 0 Å². The molecule has 0 aliphatic heterocycles. The molecule has 0 amide bonds. The van der Waals surface area contributed by atoms with E-state index < -0.39 is 5.97 Å². The molecule has 0 atom stereocenters. The summed E-state index contributed by atoms with van der Waals surface area (Å²) in [7, 11) is 0. The molecular weight excluding hydrogens is 216 g/mol. The minimum Gasteiger partial charge on any atom is -0.478 e. The summed E-state index contributed by atoms with van der Waals surface area (Å²) in [6.07, 6.45) is 0. The molecule has 17 heavy (non-hydrogen) atoms. The number of anilines is 1. The van der Waals surface area contributed by atoms with Gasteiger partial charge in [-0.3, -0.25) is 0 Å². The lowest BCUT2D eigenvalue weighted by Gasteiger charge is -2.07. The normalized spacial score (nSPS) is 10.2. The average molecular weight is 228 g/mol. The van der Waals surface area contributed by atoms with Crippen molar-refractivity contribution in [3.05, 3.63) is 47.5 Å². The van der Waals surface area contributed by atoms with Crippen LogP contribution in [0, 0.1) is 6.92 Å². The van der Waals surface area contributed by atoms with Gasteiger partial charge in [0.15, 0.2) is 0 Å². The van der Waals surface area contributed by atoms with Gasteiger partial charge in [0.1, 0.15) is 11.4 Å². The van der Waals surface area contributed by atoms with Gasteiger partial charge in [0.2, 0.25) is 0 Å². The molecule has 0 fully saturated rings. The third kappa shape index (κ3) is 2.10. The molecule has 0 unspecified atom stereocenters. The van der Waals surface area contributed by atoms with Crippen LogP contribution in [-0.2, 0) is 0 Å². The summed E-state index contributed by atoms with van der Waals surface area (Å²) in [5, 5.41) is 8.86. The SMILES string of the molecule is Cc1ccccc1-c1ccc(C(=O)O)c(N)n1. The molecule has 0 saturated carbocycles. The lowest BCUT2D eigenvalue weighted by molar-refractivity contribution is 0.0697. The average Bonchev–Trinajstić information content (AvgIpc) is 2.29. The summed E-state index contributed by atoms with van der Waals surface area (Å²) in [5.74, 6) is -1.02. The van der Waals surface area contributed by atoms with Crippen molar-refractivity contribution < 1.29 is 9.90 Å². The van der Waals surface area contributed by atoms with E-state index in [-0.39, 0.29) is 11.4 Å². The Morgan fingerprint density at radius 3 is 2.53 bits per heavy atom. The molecule has 0 bridgehead atoms. The third-order valence-electron chi connectivity index (χ3n) is 2.58. The first-order chi connectivity index (χ1) is 8.09. The molecule has 4 heteroatoms. The van der Waals surface area contributed by atoms with Gasteiger partial charge < -0.3 is 10.8 Å². The summed E-state index contributed by atoms with van der Waals surface area (Å²) in [6, 6.07) is 10.9. The fourth-order valence-electron chi connectivity index (χ4n) is 1.67. The van der Waals surface area contributed by atoms with Crippen molar-refractivity contribution >= 4 is 11.8 Å². The number of pyridine rings is 1. The Morgan fingerprint density at radius 1 is 1.24 bits per heavy atom. The van der Waals surface area contributed by atoms with Gasteiger partial charge in [0.25, 0.3) is 0 Å². The summed E-state index contributed by atoms with van der Waals surface area (Å²) < 4.78 is 0. The van der Waals surface area contributed by atoms with Gasteiger partial charge in [0, 0.05) is 5.56 Å². The largest absolute Gasteiger partial charge is 0.478 e. The number of rotatable bonds is 2. The smallest absolute Gasteiger partial charge is 0.339 e. The van der Waals surface area contributed by atoms with Crippen LogP contribution in [0.1, 0.15) is 15.9 Å². The van der Waals surface area contributed by atoms with Crippen LogP contribution in [-0.4, -0.2) is 16.1 Å². The molecule has 3 N–H and O–H groups in total.